The lowest BCUT2D eigenvalue weighted by molar-refractivity contribution is 0.373. The third-order valence-electron chi connectivity index (χ3n) is 3.16. The van der Waals surface area contributed by atoms with Gasteiger partial charge in [0.05, 0.1) is 18.4 Å². The second kappa shape index (κ2) is 3.99. The van der Waals surface area contributed by atoms with Gasteiger partial charge in [-0.05, 0) is 24.3 Å². The van der Waals surface area contributed by atoms with Gasteiger partial charge in [-0.3, -0.25) is 9.36 Å². The summed E-state index contributed by atoms with van der Waals surface area (Å²) in [5.41, 5.74) is 0.677. The molecule has 0 atom stereocenters. The first kappa shape index (κ1) is 10.9. The minimum Gasteiger partial charge on any atom is -0.339 e. The van der Waals surface area contributed by atoms with Crippen molar-refractivity contribution in [2.45, 2.75) is 25.3 Å². The first-order valence-electron chi connectivity index (χ1n) is 6.06. The zero-order chi connectivity index (χ0) is 12.8. The summed E-state index contributed by atoms with van der Waals surface area (Å²) in [6, 6.07) is 1.84. The molecule has 0 saturated heterocycles. The van der Waals surface area contributed by atoms with E-state index in [4.69, 9.17) is 4.52 Å². The average Bonchev–Trinajstić information content (AvgIpc) is 2.98. The van der Waals surface area contributed by atoms with E-state index in [9.17, 15) is 4.79 Å². The van der Waals surface area contributed by atoms with Crippen LogP contribution in [0, 0.1) is 0 Å². The molecule has 19 heavy (non-hydrogen) atoms. The van der Waals surface area contributed by atoms with E-state index in [2.05, 4.69) is 15.1 Å². The summed E-state index contributed by atoms with van der Waals surface area (Å²) in [5, 5.41) is 5.78. The van der Waals surface area contributed by atoms with E-state index < -0.39 is 0 Å². The first-order valence-corrected chi connectivity index (χ1v) is 6.94. The highest BCUT2D eigenvalue weighted by atomic mass is 32.1. The van der Waals surface area contributed by atoms with Gasteiger partial charge in [-0.2, -0.15) is 4.98 Å². The largest absolute Gasteiger partial charge is 0.339 e. The standard InChI is InChI=1S/C12H10N4O2S/c17-12-10-8(3-4-19-10)13-6-16(12)5-9-14-11(18-15-9)7-1-2-7/h3-4,6-7H,1-2,5H2. The monoisotopic (exact) mass is 274 g/mol. The van der Waals surface area contributed by atoms with Gasteiger partial charge in [0, 0.05) is 5.92 Å². The van der Waals surface area contributed by atoms with E-state index in [1.54, 1.807) is 0 Å². The molecule has 0 amide bonds. The van der Waals surface area contributed by atoms with Crippen molar-refractivity contribution in [3.63, 3.8) is 0 Å². The Morgan fingerprint density at radius 3 is 3.21 bits per heavy atom. The van der Waals surface area contributed by atoms with Crippen molar-refractivity contribution in [1.82, 2.24) is 19.7 Å². The zero-order valence-corrected chi connectivity index (χ0v) is 10.8. The predicted molar refractivity (Wildman–Crippen MR) is 69.3 cm³/mol. The van der Waals surface area contributed by atoms with E-state index in [-0.39, 0.29) is 5.56 Å². The van der Waals surface area contributed by atoms with E-state index in [1.807, 2.05) is 11.4 Å². The highest BCUT2D eigenvalue weighted by molar-refractivity contribution is 7.17. The molecule has 0 bridgehead atoms. The fraction of sp³-hybridized carbons (Fsp3) is 0.333. The molecule has 3 aromatic heterocycles. The Hall–Kier alpha value is -2.02. The van der Waals surface area contributed by atoms with Gasteiger partial charge >= 0.3 is 0 Å². The van der Waals surface area contributed by atoms with Crippen LogP contribution in [0.1, 0.15) is 30.5 Å². The molecule has 3 aromatic rings. The summed E-state index contributed by atoms with van der Waals surface area (Å²) in [7, 11) is 0. The van der Waals surface area contributed by atoms with Crippen LogP contribution in [0.3, 0.4) is 0 Å². The molecule has 7 heteroatoms. The van der Waals surface area contributed by atoms with Gasteiger partial charge in [0.25, 0.3) is 5.56 Å². The molecule has 1 fully saturated rings. The number of hydrogen-bond donors (Lipinski definition) is 0. The number of hydrogen-bond acceptors (Lipinski definition) is 6. The van der Waals surface area contributed by atoms with Crippen molar-refractivity contribution in [1.29, 1.82) is 0 Å². The normalized spacial score (nSPS) is 15.2. The van der Waals surface area contributed by atoms with Crippen LogP contribution in [0.5, 0.6) is 0 Å². The minimum absolute atomic E-state index is 0.0576. The molecule has 6 nitrogen and oxygen atoms in total. The van der Waals surface area contributed by atoms with Crippen LogP contribution in [0.4, 0.5) is 0 Å². The molecule has 96 valence electrons. The summed E-state index contributed by atoms with van der Waals surface area (Å²) in [4.78, 5) is 20.7. The Balaban J connectivity index is 1.69. The van der Waals surface area contributed by atoms with Crippen molar-refractivity contribution in [3.05, 3.63) is 39.8 Å². The van der Waals surface area contributed by atoms with Gasteiger partial charge in [0.1, 0.15) is 4.70 Å². The fourth-order valence-electron chi connectivity index (χ4n) is 1.97. The third-order valence-corrected chi connectivity index (χ3v) is 4.05. The number of rotatable bonds is 3. The van der Waals surface area contributed by atoms with E-state index in [0.717, 1.165) is 18.4 Å². The van der Waals surface area contributed by atoms with Crippen LogP contribution in [-0.4, -0.2) is 19.7 Å². The Morgan fingerprint density at radius 2 is 2.37 bits per heavy atom. The summed E-state index contributed by atoms with van der Waals surface area (Å²) in [5.74, 6) is 1.64. The molecule has 0 spiro atoms. The molecule has 1 saturated carbocycles. The molecule has 0 aromatic carbocycles. The van der Waals surface area contributed by atoms with Crippen LogP contribution in [0.15, 0.2) is 27.1 Å². The molecule has 1 aliphatic carbocycles. The lowest BCUT2D eigenvalue weighted by atomic mass is 10.4. The van der Waals surface area contributed by atoms with Crippen LogP contribution in [-0.2, 0) is 6.54 Å². The van der Waals surface area contributed by atoms with E-state index in [0.29, 0.717) is 28.9 Å². The van der Waals surface area contributed by atoms with E-state index >= 15 is 0 Å². The molecule has 4 rings (SSSR count). The Morgan fingerprint density at radius 1 is 1.47 bits per heavy atom. The third kappa shape index (κ3) is 1.86. The lowest BCUT2D eigenvalue weighted by Crippen LogP contribution is -2.20. The number of nitrogens with zero attached hydrogens (tertiary/aromatic N) is 4. The summed E-state index contributed by atoms with van der Waals surface area (Å²) < 4.78 is 7.35. The molecular formula is C12H10N4O2S. The smallest absolute Gasteiger partial charge is 0.271 e. The maximum absolute atomic E-state index is 12.2. The van der Waals surface area contributed by atoms with Crippen molar-refractivity contribution < 1.29 is 4.52 Å². The maximum Gasteiger partial charge on any atom is 0.271 e. The number of thiophene rings is 1. The second-order valence-corrected chi connectivity index (χ2v) is 5.55. The lowest BCUT2D eigenvalue weighted by Gasteiger charge is -2.00. The van der Waals surface area contributed by atoms with Crippen molar-refractivity contribution >= 4 is 21.6 Å². The highest BCUT2D eigenvalue weighted by Crippen LogP contribution is 2.38. The fourth-order valence-corrected chi connectivity index (χ4v) is 2.76. The number of fused-ring (bicyclic) bond motifs is 1. The van der Waals surface area contributed by atoms with Gasteiger partial charge in [-0.15, -0.1) is 11.3 Å². The molecule has 0 aliphatic heterocycles. The van der Waals surface area contributed by atoms with Gasteiger partial charge < -0.3 is 4.52 Å². The van der Waals surface area contributed by atoms with Crippen LogP contribution >= 0.6 is 11.3 Å². The minimum atomic E-state index is -0.0576. The second-order valence-electron chi connectivity index (χ2n) is 4.64. The Kier molecular flexibility index (Phi) is 2.28. The van der Waals surface area contributed by atoms with Crippen LogP contribution in [0.2, 0.25) is 0 Å². The molecule has 0 N–H and O–H groups in total. The van der Waals surface area contributed by atoms with Gasteiger partial charge in [0.2, 0.25) is 5.89 Å². The van der Waals surface area contributed by atoms with Crippen molar-refractivity contribution in [2.75, 3.05) is 0 Å². The molecule has 0 unspecified atom stereocenters. The zero-order valence-electron chi connectivity index (χ0n) is 9.94. The average molecular weight is 274 g/mol. The van der Waals surface area contributed by atoms with Gasteiger partial charge in [-0.1, -0.05) is 5.16 Å². The van der Waals surface area contributed by atoms with Crippen LogP contribution in [0.25, 0.3) is 10.2 Å². The Bertz CT molecular complexity index is 799. The van der Waals surface area contributed by atoms with Crippen LogP contribution < -0.4 is 5.56 Å². The molecular weight excluding hydrogens is 264 g/mol. The first-order chi connectivity index (χ1) is 9.31. The molecule has 3 heterocycles. The summed E-state index contributed by atoms with van der Waals surface area (Å²) in [6.45, 7) is 0.301. The summed E-state index contributed by atoms with van der Waals surface area (Å²) >= 11 is 1.40. The molecule has 1 aliphatic rings. The van der Waals surface area contributed by atoms with E-state index in [1.165, 1.54) is 22.2 Å². The topological polar surface area (TPSA) is 73.8 Å². The van der Waals surface area contributed by atoms with Crippen molar-refractivity contribution in [2.24, 2.45) is 0 Å². The quantitative estimate of drug-likeness (QED) is 0.727. The highest BCUT2D eigenvalue weighted by Gasteiger charge is 2.29. The summed E-state index contributed by atoms with van der Waals surface area (Å²) in [6.07, 6.45) is 3.76. The predicted octanol–water partition coefficient (Wildman–Crippen LogP) is 1.77. The number of aromatic nitrogens is 4. The van der Waals surface area contributed by atoms with Gasteiger partial charge in [-0.25, -0.2) is 4.98 Å². The maximum atomic E-state index is 12.2. The SMILES string of the molecule is O=c1c2sccc2ncn1Cc1noc(C2CC2)n1. The Labute approximate surface area is 111 Å². The van der Waals surface area contributed by atoms with Gasteiger partial charge in [0.15, 0.2) is 5.82 Å². The molecule has 0 radical (unpaired) electrons. The van der Waals surface area contributed by atoms with Crippen molar-refractivity contribution in [3.8, 4) is 0 Å².